The standard InChI is InChI=1S/C34H24N4/c1-3-13-33-27(9-1)17-21-29(35-33)19-15-25-7-5-11-31(23-25)37-38-32-12-6-8-26(24-32)16-20-30-22-18-28-10-2-4-14-34(28)36-30/h1-24H/b19-15?,20-16?,38-37+. The summed E-state index contributed by atoms with van der Waals surface area (Å²) in [6, 6.07) is 40.5. The van der Waals surface area contributed by atoms with Gasteiger partial charge in [0.2, 0.25) is 0 Å². The number of hydrogen-bond donors (Lipinski definition) is 0. The van der Waals surface area contributed by atoms with E-state index in [1.54, 1.807) is 0 Å². The summed E-state index contributed by atoms with van der Waals surface area (Å²) in [6.45, 7) is 0. The maximum absolute atomic E-state index is 4.71. The minimum atomic E-state index is 0.792. The van der Waals surface area contributed by atoms with Gasteiger partial charge in [-0.15, -0.1) is 0 Å². The lowest BCUT2D eigenvalue weighted by Crippen LogP contribution is -1.82. The van der Waals surface area contributed by atoms with Crippen molar-refractivity contribution in [2.24, 2.45) is 10.2 Å². The van der Waals surface area contributed by atoms with E-state index < -0.39 is 0 Å². The van der Waals surface area contributed by atoms with E-state index >= 15 is 0 Å². The summed E-state index contributed by atoms with van der Waals surface area (Å²) in [4.78, 5) is 9.41. The molecule has 0 bridgehead atoms. The molecule has 0 aliphatic rings. The quantitative estimate of drug-likeness (QED) is 0.219. The molecule has 0 aliphatic heterocycles. The van der Waals surface area contributed by atoms with Gasteiger partial charge in [0.15, 0.2) is 0 Å². The lowest BCUT2D eigenvalue weighted by Gasteiger charge is -2.00. The van der Waals surface area contributed by atoms with Crippen molar-refractivity contribution in [2.45, 2.75) is 0 Å². The molecule has 0 amide bonds. The Labute approximate surface area is 221 Å². The molecule has 0 radical (unpaired) electrons. The summed E-state index contributed by atoms with van der Waals surface area (Å²) < 4.78 is 0. The molecule has 0 saturated heterocycles. The predicted octanol–water partition coefficient (Wildman–Crippen LogP) is 9.54. The molecule has 0 unspecified atom stereocenters. The van der Waals surface area contributed by atoms with E-state index in [4.69, 9.17) is 9.97 Å². The van der Waals surface area contributed by atoms with Crippen LogP contribution in [0.4, 0.5) is 11.4 Å². The van der Waals surface area contributed by atoms with Crippen LogP contribution in [-0.4, -0.2) is 9.97 Å². The Kier molecular flexibility index (Phi) is 6.60. The molecular formula is C34H24N4. The zero-order valence-corrected chi connectivity index (χ0v) is 20.6. The number of benzene rings is 4. The molecule has 4 nitrogen and oxygen atoms in total. The number of pyridine rings is 2. The molecule has 0 atom stereocenters. The fourth-order valence-corrected chi connectivity index (χ4v) is 4.21. The van der Waals surface area contributed by atoms with Gasteiger partial charge in [0.05, 0.1) is 33.8 Å². The van der Waals surface area contributed by atoms with E-state index in [1.165, 1.54) is 0 Å². The number of fused-ring (bicyclic) bond motifs is 2. The zero-order chi connectivity index (χ0) is 25.6. The number of rotatable bonds is 6. The van der Waals surface area contributed by atoms with Gasteiger partial charge in [-0.1, -0.05) is 84.9 Å². The molecule has 180 valence electrons. The number of azo groups is 1. The summed E-state index contributed by atoms with van der Waals surface area (Å²) in [5, 5.41) is 11.2. The third kappa shape index (κ3) is 5.61. The van der Waals surface area contributed by atoms with E-state index in [1.807, 2.05) is 121 Å². The molecule has 2 aromatic heterocycles. The molecule has 2 heterocycles. The fraction of sp³-hybridized carbons (Fsp3) is 0. The second kappa shape index (κ2) is 10.8. The smallest absolute Gasteiger partial charge is 0.0863 e. The molecule has 0 spiro atoms. The Morgan fingerprint density at radius 3 is 1.39 bits per heavy atom. The monoisotopic (exact) mass is 488 g/mol. The van der Waals surface area contributed by atoms with E-state index in [-0.39, 0.29) is 0 Å². The Bertz CT molecular complexity index is 1700. The lowest BCUT2D eigenvalue weighted by atomic mass is 10.1. The van der Waals surface area contributed by atoms with Crippen LogP contribution in [0.1, 0.15) is 22.5 Å². The highest BCUT2D eigenvalue weighted by Crippen LogP contribution is 2.22. The molecule has 0 saturated carbocycles. The van der Waals surface area contributed by atoms with Gasteiger partial charge in [-0.05, 0) is 71.8 Å². The fourth-order valence-electron chi connectivity index (χ4n) is 4.21. The van der Waals surface area contributed by atoms with Crippen molar-refractivity contribution < 1.29 is 0 Å². The van der Waals surface area contributed by atoms with Gasteiger partial charge in [0.25, 0.3) is 0 Å². The number of aromatic nitrogens is 2. The zero-order valence-electron chi connectivity index (χ0n) is 20.6. The molecule has 6 aromatic rings. The highest BCUT2D eigenvalue weighted by Gasteiger charge is 1.98. The second-order valence-electron chi connectivity index (χ2n) is 8.91. The highest BCUT2D eigenvalue weighted by atomic mass is 15.1. The first-order valence-electron chi connectivity index (χ1n) is 12.5. The van der Waals surface area contributed by atoms with Gasteiger partial charge in [-0.3, -0.25) is 0 Å². The van der Waals surface area contributed by atoms with Crippen LogP contribution < -0.4 is 0 Å². The predicted molar refractivity (Wildman–Crippen MR) is 158 cm³/mol. The van der Waals surface area contributed by atoms with Crippen molar-refractivity contribution in [1.29, 1.82) is 0 Å². The summed E-state index contributed by atoms with van der Waals surface area (Å²) >= 11 is 0. The van der Waals surface area contributed by atoms with E-state index in [0.717, 1.165) is 55.7 Å². The minimum Gasteiger partial charge on any atom is -0.248 e. The summed E-state index contributed by atoms with van der Waals surface area (Å²) in [5.41, 5.74) is 7.47. The summed E-state index contributed by atoms with van der Waals surface area (Å²) in [7, 11) is 0. The molecule has 0 N–H and O–H groups in total. The van der Waals surface area contributed by atoms with Gasteiger partial charge < -0.3 is 0 Å². The van der Waals surface area contributed by atoms with Crippen LogP contribution >= 0.6 is 0 Å². The van der Waals surface area contributed by atoms with Crippen LogP contribution in [0.3, 0.4) is 0 Å². The third-order valence-electron chi connectivity index (χ3n) is 6.15. The first kappa shape index (κ1) is 23.2. The largest absolute Gasteiger partial charge is 0.248 e. The Balaban J connectivity index is 1.15. The van der Waals surface area contributed by atoms with Crippen LogP contribution in [0.5, 0.6) is 0 Å². The number of para-hydroxylation sites is 2. The Morgan fingerprint density at radius 2 is 0.895 bits per heavy atom. The average molecular weight is 489 g/mol. The van der Waals surface area contributed by atoms with E-state index in [0.29, 0.717) is 0 Å². The maximum Gasteiger partial charge on any atom is 0.0863 e. The van der Waals surface area contributed by atoms with Crippen LogP contribution in [0, 0.1) is 0 Å². The highest BCUT2D eigenvalue weighted by molar-refractivity contribution is 5.82. The van der Waals surface area contributed by atoms with Crippen molar-refractivity contribution >= 4 is 57.5 Å². The van der Waals surface area contributed by atoms with Gasteiger partial charge in [0, 0.05) is 10.8 Å². The average Bonchev–Trinajstić information content (AvgIpc) is 2.98. The first-order valence-corrected chi connectivity index (χ1v) is 12.5. The van der Waals surface area contributed by atoms with Crippen molar-refractivity contribution in [1.82, 2.24) is 9.97 Å². The van der Waals surface area contributed by atoms with Crippen LogP contribution in [0.25, 0.3) is 46.1 Å². The normalized spacial score (nSPS) is 11.9. The SMILES string of the molecule is C(=Cc1ccc2ccccc2n1)c1cccc(/N=N/c2cccc(C=Cc3ccc4ccccc4n3)c2)c1. The van der Waals surface area contributed by atoms with Gasteiger partial charge in [-0.25, -0.2) is 9.97 Å². The molecule has 4 heteroatoms. The van der Waals surface area contributed by atoms with Crippen molar-refractivity contribution in [3.63, 3.8) is 0 Å². The third-order valence-corrected chi connectivity index (χ3v) is 6.15. The van der Waals surface area contributed by atoms with E-state index in [2.05, 4.69) is 34.5 Å². The van der Waals surface area contributed by atoms with Crippen molar-refractivity contribution in [2.75, 3.05) is 0 Å². The summed E-state index contributed by atoms with van der Waals surface area (Å²) in [5.74, 6) is 0. The first-order chi connectivity index (χ1) is 18.8. The molecular weight excluding hydrogens is 464 g/mol. The minimum absolute atomic E-state index is 0.792. The molecule has 4 aromatic carbocycles. The van der Waals surface area contributed by atoms with E-state index in [9.17, 15) is 0 Å². The van der Waals surface area contributed by atoms with Gasteiger partial charge in [0.1, 0.15) is 0 Å². The molecule has 38 heavy (non-hydrogen) atoms. The Morgan fingerprint density at radius 1 is 0.421 bits per heavy atom. The van der Waals surface area contributed by atoms with Crippen LogP contribution in [0.2, 0.25) is 0 Å². The molecule has 6 rings (SSSR count). The van der Waals surface area contributed by atoms with Crippen LogP contribution in [0.15, 0.2) is 132 Å². The molecule has 0 fully saturated rings. The lowest BCUT2D eigenvalue weighted by molar-refractivity contribution is 1.23. The van der Waals surface area contributed by atoms with Crippen molar-refractivity contribution in [3.05, 3.63) is 144 Å². The second-order valence-corrected chi connectivity index (χ2v) is 8.91. The van der Waals surface area contributed by atoms with Gasteiger partial charge >= 0.3 is 0 Å². The Hall–Kier alpha value is -5.22. The topological polar surface area (TPSA) is 50.5 Å². The number of nitrogens with zero attached hydrogens (tertiary/aromatic N) is 4. The van der Waals surface area contributed by atoms with Crippen molar-refractivity contribution in [3.8, 4) is 0 Å². The molecule has 0 aliphatic carbocycles. The number of hydrogen-bond acceptors (Lipinski definition) is 4. The van der Waals surface area contributed by atoms with Gasteiger partial charge in [-0.2, -0.15) is 10.2 Å². The maximum atomic E-state index is 4.71. The van der Waals surface area contributed by atoms with Crippen LogP contribution in [-0.2, 0) is 0 Å². The summed E-state index contributed by atoms with van der Waals surface area (Å²) in [6.07, 6.45) is 8.12.